The Balaban J connectivity index is 0.000000231. The second-order valence-electron chi connectivity index (χ2n) is 13.9. The largest absolute Gasteiger partial charge is 0.479 e. The van der Waals surface area contributed by atoms with E-state index in [1.54, 1.807) is 38.2 Å². The maximum atomic E-state index is 12.0. The van der Waals surface area contributed by atoms with Gasteiger partial charge in [0.2, 0.25) is 11.8 Å². The number of halogens is 5. The van der Waals surface area contributed by atoms with E-state index in [1.807, 2.05) is 45.0 Å². The zero-order valence-electron chi connectivity index (χ0n) is 33.0. The topological polar surface area (TPSA) is 129 Å². The first-order valence-electron chi connectivity index (χ1n) is 17.8. The molecule has 57 heavy (non-hydrogen) atoms. The predicted molar refractivity (Wildman–Crippen MR) is 224 cm³/mol. The summed E-state index contributed by atoms with van der Waals surface area (Å²) in [4.78, 5) is 37.9. The zero-order valence-corrected chi connectivity index (χ0v) is 36.8. The number of hydrogen-bond acceptors (Lipinski definition) is 9. The van der Waals surface area contributed by atoms with Crippen LogP contribution < -0.4 is 15.4 Å². The lowest BCUT2D eigenvalue weighted by Gasteiger charge is -2.29. The number of alkyl halides is 3. The number of rotatable bonds is 11. The van der Waals surface area contributed by atoms with Gasteiger partial charge in [-0.05, 0) is 56.0 Å². The predicted octanol–water partition coefficient (Wildman–Crippen LogP) is 9.15. The number of terminal acetylenes is 1. The summed E-state index contributed by atoms with van der Waals surface area (Å²) in [5, 5.41) is 4.71. The van der Waals surface area contributed by atoms with Gasteiger partial charge in [-0.15, -0.1) is 23.1 Å². The first-order valence-corrected chi connectivity index (χ1v) is 19.9. The number of furan rings is 1. The van der Waals surface area contributed by atoms with E-state index < -0.39 is 21.7 Å². The van der Waals surface area contributed by atoms with Crippen molar-refractivity contribution in [2.45, 2.75) is 83.4 Å². The fourth-order valence-electron chi connectivity index (χ4n) is 5.60. The number of carbonyl (C=O) groups excluding carboxylic acids is 2. The Kier molecular flexibility index (Phi) is 17.9. The number of carbonyl (C=O) groups is 2. The molecule has 4 aromatic rings. The molecule has 0 bridgehead atoms. The number of para-hydroxylation sites is 1. The van der Waals surface area contributed by atoms with Gasteiger partial charge < -0.3 is 27.9 Å². The molecule has 1 fully saturated rings. The maximum Gasteiger partial charge on any atom is 0.442 e. The van der Waals surface area contributed by atoms with Crippen molar-refractivity contribution in [1.82, 2.24) is 14.7 Å². The van der Waals surface area contributed by atoms with E-state index in [0.717, 1.165) is 34.3 Å². The van der Waals surface area contributed by atoms with Crippen LogP contribution in [-0.4, -0.2) is 69.9 Å². The van der Waals surface area contributed by atoms with Crippen molar-refractivity contribution >= 4 is 75.5 Å². The zero-order chi connectivity index (χ0) is 42.7. The Morgan fingerprint density at radius 2 is 1.74 bits per heavy atom. The molecule has 1 saturated heterocycles. The van der Waals surface area contributed by atoms with Crippen molar-refractivity contribution in [3.63, 3.8) is 0 Å². The van der Waals surface area contributed by atoms with Crippen LogP contribution in [0.3, 0.4) is 0 Å². The Morgan fingerprint density at radius 3 is 2.23 bits per heavy atom. The second-order valence-corrected chi connectivity index (χ2v) is 16.1. The molecule has 1 aliphatic rings. The van der Waals surface area contributed by atoms with Gasteiger partial charge in [0.1, 0.15) is 42.6 Å². The third kappa shape index (κ3) is 12.4. The minimum atomic E-state index is -1.08. The summed E-state index contributed by atoms with van der Waals surface area (Å²) in [7, 11) is 1.58. The summed E-state index contributed by atoms with van der Waals surface area (Å²) in [6.45, 7) is 14.1. The van der Waals surface area contributed by atoms with E-state index in [4.69, 9.17) is 87.5 Å². The molecule has 1 unspecified atom stereocenters. The lowest BCUT2D eigenvalue weighted by molar-refractivity contribution is -0.144. The molecule has 5 rings (SSSR count). The highest BCUT2D eigenvalue weighted by Crippen LogP contribution is 2.37. The Labute approximate surface area is 358 Å². The Hall–Kier alpha value is -3.67. The number of methoxy groups -OCH3 is 1. The molecule has 2 amide bonds. The molecule has 0 N–H and O–H groups in total. The van der Waals surface area contributed by atoms with Crippen LogP contribution in [0.5, 0.6) is 5.75 Å². The average Bonchev–Trinajstić information content (AvgIpc) is 3.92. The summed E-state index contributed by atoms with van der Waals surface area (Å²) in [6.07, 6.45) is 8.19. The number of aryl methyl sites for hydroxylation is 2. The van der Waals surface area contributed by atoms with Crippen molar-refractivity contribution < 1.29 is 32.6 Å². The number of anilines is 1. The fraction of sp³-hybridized carbons (Fsp3) is 0.450. The van der Waals surface area contributed by atoms with Crippen LogP contribution in [0.15, 0.2) is 62.4 Å². The lowest BCUT2D eigenvalue weighted by Crippen LogP contribution is -2.45. The van der Waals surface area contributed by atoms with Crippen LogP contribution in [0, 0.1) is 12.3 Å². The van der Waals surface area contributed by atoms with Gasteiger partial charge in [-0.25, -0.2) is 4.79 Å². The first-order chi connectivity index (χ1) is 26.8. The molecule has 1 aliphatic heterocycles. The van der Waals surface area contributed by atoms with Gasteiger partial charge in [0.05, 0.1) is 34.2 Å². The number of ether oxygens (including phenoxy) is 3. The van der Waals surface area contributed by atoms with Crippen LogP contribution >= 0.6 is 58.0 Å². The highest BCUT2D eigenvalue weighted by molar-refractivity contribution is 6.53. The van der Waals surface area contributed by atoms with Gasteiger partial charge in [-0.3, -0.25) is 14.5 Å². The van der Waals surface area contributed by atoms with Gasteiger partial charge >= 0.3 is 5.76 Å². The molecule has 1 atom stereocenters. The van der Waals surface area contributed by atoms with E-state index in [9.17, 15) is 14.4 Å². The quantitative estimate of drug-likeness (QED) is 0.0823. The molecule has 2 aromatic heterocycles. The third-order valence-electron chi connectivity index (χ3n) is 8.38. The minimum Gasteiger partial charge on any atom is -0.479 e. The van der Waals surface area contributed by atoms with E-state index in [2.05, 4.69) is 24.9 Å². The summed E-state index contributed by atoms with van der Waals surface area (Å²) >= 11 is 29.1. The second kappa shape index (κ2) is 21.4. The molecule has 310 valence electrons. The molecule has 2 aromatic carbocycles. The van der Waals surface area contributed by atoms with Crippen molar-refractivity contribution in [3.8, 4) is 23.8 Å². The summed E-state index contributed by atoms with van der Waals surface area (Å²) in [5.41, 5.74) is 2.40. The van der Waals surface area contributed by atoms with Crippen molar-refractivity contribution in [3.05, 3.63) is 92.1 Å². The van der Waals surface area contributed by atoms with Crippen molar-refractivity contribution in [1.29, 1.82) is 0 Å². The number of amides is 2. The van der Waals surface area contributed by atoms with E-state index >= 15 is 0 Å². The lowest BCUT2D eigenvalue weighted by atomic mass is 9.97. The van der Waals surface area contributed by atoms with Crippen molar-refractivity contribution in [2.75, 3.05) is 37.8 Å². The van der Waals surface area contributed by atoms with Gasteiger partial charge in [-0.1, -0.05) is 105 Å². The molecule has 0 spiro atoms. The van der Waals surface area contributed by atoms with Crippen LogP contribution in [0.25, 0.3) is 5.69 Å². The van der Waals surface area contributed by atoms with Gasteiger partial charge in [0.25, 0.3) is 5.91 Å². The Bertz CT molecular complexity index is 2030. The van der Waals surface area contributed by atoms with E-state index in [1.165, 1.54) is 17.0 Å². The number of aromatic nitrogens is 2. The van der Waals surface area contributed by atoms with Crippen LogP contribution in [0.2, 0.25) is 10.0 Å². The Morgan fingerprint density at radius 1 is 1.09 bits per heavy atom. The van der Waals surface area contributed by atoms with Crippen LogP contribution in [0.1, 0.15) is 77.3 Å². The van der Waals surface area contributed by atoms with Gasteiger partial charge in [-0.2, -0.15) is 4.68 Å². The molecular formula is C40H47Cl5N4O8. The molecule has 17 heteroatoms. The molecule has 0 saturated carbocycles. The van der Waals surface area contributed by atoms with Crippen LogP contribution in [-0.2, 0) is 37.3 Å². The summed E-state index contributed by atoms with van der Waals surface area (Å²) in [6, 6.07) is 12.7. The molecule has 0 aliphatic carbocycles. The molecule has 12 nitrogen and oxygen atoms in total. The van der Waals surface area contributed by atoms with Gasteiger partial charge in [0, 0.05) is 18.6 Å². The number of nitrogens with zero attached hydrogens (tertiary/aromatic N) is 4. The minimum absolute atomic E-state index is 0.0371. The smallest absolute Gasteiger partial charge is 0.442 e. The normalized spacial score (nSPS) is 14.6. The summed E-state index contributed by atoms with van der Waals surface area (Å²) in [5.74, 6) is 2.47. The average molecular weight is 889 g/mol. The number of benzene rings is 2. The highest BCUT2D eigenvalue weighted by Gasteiger charge is 2.45. The SMILES string of the molecule is C#CCOc1cc(-n2nc(C(C)(C)C)oc2=O)c(Cl)cc1Cl.CC1(C)OC(c2ccco2)CN1C(=O)C(Cl)Cl.CCc1cccc(CC)c1N(COC)C(=O)CCl. The summed E-state index contributed by atoms with van der Waals surface area (Å²) < 4.78 is 27.7. The first kappa shape index (κ1) is 47.7. The van der Waals surface area contributed by atoms with Gasteiger partial charge in [0.15, 0.2) is 4.84 Å². The van der Waals surface area contributed by atoms with Crippen LogP contribution in [0.4, 0.5) is 5.69 Å². The molecule has 3 heterocycles. The maximum absolute atomic E-state index is 12.0. The molecule has 0 radical (unpaired) electrons. The van der Waals surface area contributed by atoms with Crippen molar-refractivity contribution in [2.24, 2.45) is 0 Å². The monoisotopic (exact) mass is 886 g/mol. The fourth-order valence-corrected chi connectivity index (χ4v) is 6.50. The van der Waals surface area contributed by atoms with E-state index in [-0.39, 0.29) is 47.2 Å². The third-order valence-corrected chi connectivity index (χ3v) is 9.58. The molecular weight excluding hydrogens is 842 g/mol. The van der Waals surface area contributed by atoms with E-state index in [0.29, 0.717) is 29.6 Å². The number of hydrogen-bond donors (Lipinski definition) is 0. The highest BCUT2D eigenvalue weighted by atomic mass is 35.5. The standard InChI is InChI=1S/C15H14Cl2N2O3.C14H20ClNO2.C11H13Cl2NO3/c1-5-6-21-12-8-11(9(16)7-10(12)17)19-14(20)22-13(18-19)15(2,3)4;1-4-11-7-6-8-12(5-2)14(11)16(10-18-3)13(17)9-15;1-11(2)14(10(15)9(12)13)6-8(17-11)7-4-3-5-16-7/h1,7-8H,6H2,2-4H3;6-8H,4-5,9-10H2,1-3H3;3-5,8-9H,6H2,1-2H3.